The van der Waals surface area contributed by atoms with Gasteiger partial charge in [0.2, 0.25) is 0 Å². The number of carboxylic acids is 1. The second-order valence-electron chi connectivity index (χ2n) is 3.12. The number of hydrogen-bond acceptors (Lipinski definition) is 3. The van der Waals surface area contributed by atoms with E-state index in [2.05, 4.69) is 10.4 Å². The number of carbonyl (C=O) groups excluding carboxylic acids is 1. The summed E-state index contributed by atoms with van der Waals surface area (Å²) in [6.07, 6.45) is 2.99. The van der Waals surface area contributed by atoms with E-state index in [0.717, 1.165) is 0 Å². The third kappa shape index (κ3) is 4.09. The number of nitrogens with one attached hydrogen (secondary N) is 1. The van der Waals surface area contributed by atoms with Crippen molar-refractivity contribution in [3.8, 4) is 0 Å². The largest absolute Gasteiger partial charge is 0.480 e. The van der Waals surface area contributed by atoms with Crippen molar-refractivity contribution >= 4 is 35.9 Å². The van der Waals surface area contributed by atoms with Crippen molar-refractivity contribution in [2.24, 2.45) is 7.05 Å². The van der Waals surface area contributed by atoms with E-state index in [9.17, 15) is 9.59 Å². The van der Waals surface area contributed by atoms with Crippen LogP contribution in [-0.2, 0) is 11.8 Å². The number of aromatic nitrogens is 2. The summed E-state index contributed by atoms with van der Waals surface area (Å²) in [6.45, 7) is 1.40. The normalized spacial score (nSPS) is 11.1. The molecular formula is C9H13IN3O3+. The van der Waals surface area contributed by atoms with Crippen LogP contribution in [-0.4, -0.2) is 28.1 Å². The lowest BCUT2D eigenvalue weighted by atomic mass is 10.2. The van der Waals surface area contributed by atoms with Crippen LogP contribution in [0, 0.1) is 0 Å². The van der Waals surface area contributed by atoms with Gasteiger partial charge in [0.25, 0.3) is 5.91 Å². The number of aryl methyl sites for hydroxylation is 1. The van der Waals surface area contributed by atoms with Crippen LogP contribution in [0.3, 0.4) is 0 Å². The van der Waals surface area contributed by atoms with E-state index in [1.165, 1.54) is 17.8 Å². The molecule has 1 aromatic rings. The predicted octanol–water partition coefficient (Wildman–Crippen LogP) is -0.273. The van der Waals surface area contributed by atoms with Gasteiger partial charge in [-0.3, -0.25) is 9.59 Å². The van der Waals surface area contributed by atoms with E-state index >= 15 is 0 Å². The molecule has 0 aromatic carbocycles. The first-order valence-corrected chi connectivity index (χ1v) is 4.36. The van der Waals surface area contributed by atoms with Crippen molar-refractivity contribution < 1.29 is 19.4 Å². The molecule has 2 N–H and O–H groups in total. The second-order valence-corrected chi connectivity index (χ2v) is 3.12. The average molecular weight is 338 g/mol. The molecule has 0 aliphatic heterocycles. The van der Waals surface area contributed by atoms with Gasteiger partial charge in [-0.2, -0.15) is 0 Å². The highest BCUT2D eigenvalue weighted by Gasteiger charge is 2.15. The van der Waals surface area contributed by atoms with E-state index in [1.807, 2.05) is 0 Å². The maximum atomic E-state index is 11.4. The number of nitrogens with zero attached hydrogens (tertiary/aromatic N) is 2. The highest BCUT2D eigenvalue weighted by molar-refractivity contribution is 14.0. The van der Waals surface area contributed by atoms with Crippen LogP contribution in [0.25, 0.3) is 0 Å². The Labute approximate surface area is 110 Å². The predicted molar refractivity (Wildman–Crippen MR) is 65.4 cm³/mol. The van der Waals surface area contributed by atoms with Crippen molar-refractivity contribution in [1.29, 1.82) is 0 Å². The zero-order valence-corrected chi connectivity index (χ0v) is 11.2. The van der Waals surface area contributed by atoms with Crippen LogP contribution in [0.1, 0.15) is 17.3 Å². The van der Waals surface area contributed by atoms with Gasteiger partial charge in [0, 0.05) is 6.07 Å². The number of aliphatic carboxylic acids is 1. The number of amides is 1. The highest BCUT2D eigenvalue weighted by Crippen LogP contribution is 1.94. The fraction of sp³-hybridized carbons (Fsp3) is 0.333. The molecule has 0 spiro atoms. The van der Waals surface area contributed by atoms with Gasteiger partial charge in [-0.25, -0.2) is 0 Å². The molecule has 16 heavy (non-hydrogen) atoms. The minimum atomic E-state index is -1.07. The summed E-state index contributed by atoms with van der Waals surface area (Å²) in [5, 5.41) is 14.8. The Morgan fingerprint density at radius 1 is 1.56 bits per heavy atom. The fourth-order valence-corrected chi connectivity index (χ4v) is 0.899. The van der Waals surface area contributed by atoms with Crippen LogP contribution < -0.4 is 10.00 Å². The molecule has 1 aromatic heterocycles. The lowest BCUT2D eigenvalue weighted by Gasteiger charge is -2.07. The van der Waals surface area contributed by atoms with E-state index < -0.39 is 17.9 Å². The number of carboxylic acid groups (broad SMARTS) is 1. The zero-order valence-electron chi connectivity index (χ0n) is 8.88. The van der Waals surface area contributed by atoms with Crippen LogP contribution >= 0.6 is 24.0 Å². The molecule has 1 heterocycles. The summed E-state index contributed by atoms with van der Waals surface area (Å²) in [7, 11) is 1.72. The van der Waals surface area contributed by atoms with Gasteiger partial charge < -0.3 is 10.4 Å². The number of carbonyl (C=O) groups is 2. The second kappa shape index (κ2) is 6.36. The summed E-state index contributed by atoms with van der Waals surface area (Å²) < 4.78 is 1.54. The number of rotatable bonds is 3. The van der Waals surface area contributed by atoms with Gasteiger partial charge >= 0.3 is 5.97 Å². The summed E-state index contributed by atoms with van der Waals surface area (Å²) in [4.78, 5) is 21.9. The lowest BCUT2D eigenvalue weighted by Crippen LogP contribution is -2.39. The van der Waals surface area contributed by atoms with Gasteiger partial charge in [0.1, 0.15) is 12.2 Å². The van der Waals surface area contributed by atoms with Gasteiger partial charge in [-0.15, -0.1) is 24.0 Å². The van der Waals surface area contributed by atoms with Crippen LogP contribution in [0.15, 0.2) is 18.5 Å². The SMILES string of the molecule is CC(NC(=O)c1cc[n+](C)nc1)C(=O)O.I. The quantitative estimate of drug-likeness (QED) is 0.587. The molecule has 6 nitrogen and oxygen atoms in total. The van der Waals surface area contributed by atoms with Crippen molar-refractivity contribution in [2.75, 3.05) is 0 Å². The van der Waals surface area contributed by atoms with Crippen molar-refractivity contribution in [3.63, 3.8) is 0 Å². The lowest BCUT2D eigenvalue weighted by molar-refractivity contribution is -0.730. The monoisotopic (exact) mass is 338 g/mol. The Morgan fingerprint density at radius 2 is 2.19 bits per heavy atom. The van der Waals surface area contributed by atoms with Crippen molar-refractivity contribution in [3.05, 3.63) is 24.0 Å². The summed E-state index contributed by atoms with van der Waals surface area (Å²) >= 11 is 0. The average Bonchev–Trinajstić information content (AvgIpc) is 2.18. The standard InChI is InChI=1S/C9H11N3O3.HI/c1-6(9(14)15)11-8(13)7-3-4-12(2)10-5-7;/h3-6H,1-2H3,(H-,11,13,14,15);1H/p+1. The number of hydrogen-bond donors (Lipinski definition) is 2. The molecule has 0 fully saturated rings. The van der Waals surface area contributed by atoms with Gasteiger partial charge in [0.05, 0.1) is 5.56 Å². The molecule has 1 rings (SSSR count). The van der Waals surface area contributed by atoms with Crippen LogP contribution in [0.2, 0.25) is 0 Å². The maximum Gasteiger partial charge on any atom is 0.325 e. The maximum absolute atomic E-state index is 11.4. The summed E-state index contributed by atoms with van der Waals surface area (Å²) in [5.74, 6) is -1.52. The molecule has 7 heteroatoms. The molecule has 0 saturated carbocycles. The molecule has 1 amide bonds. The van der Waals surface area contributed by atoms with E-state index in [-0.39, 0.29) is 24.0 Å². The third-order valence-corrected chi connectivity index (χ3v) is 1.83. The zero-order chi connectivity index (χ0) is 11.4. The van der Waals surface area contributed by atoms with Gasteiger partial charge in [0.15, 0.2) is 13.2 Å². The van der Waals surface area contributed by atoms with E-state index in [1.54, 1.807) is 19.3 Å². The molecular weight excluding hydrogens is 325 g/mol. The smallest absolute Gasteiger partial charge is 0.325 e. The first-order valence-electron chi connectivity index (χ1n) is 4.36. The van der Waals surface area contributed by atoms with E-state index in [4.69, 9.17) is 5.11 Å². The van der Waals surface area contributed by atoms with Crippen LogP contribution in [0.4, 0.5) is 0 Å². The molecule has 0 radical (unpaired) electrons. The Morgan fingerprint density at radius 3 is 2.62 bits per heavy atom. The molecule has 1 unspecified atom stereocenters. The molecule has 1 atom stereocenters. The molecule has 88 valence electrons. The van der Waals surface area contributed by atoms with Crippen LogP contribution in [0.5, 0.6) is 0 Å². The topological polar surface area (TPSA) is 83.2 Å². The Hall–Kier alpha value is -1.25. The minimum Gasteiger partial charge on any atom is -0.480 e. The molecule has 0 saturated heterocycles. The van der Waals surface area contributed by atoms with Crippen molar-refractivity contribution in [1.82, 2.24) is 10.4 Å². The Balaban J connectivity index is 0.00000225. The fourth-order valence-electron chi connectivity index (χ4n) is 0.899. The highest BCUT2D eigenvalue weighted by atomic mass is 127. The third-order valence-electron chi connectivity index (χ3n) is 1.83. The molecule has 0 aliphatic rings. The van der Waals surface area contributed by atoms with Gasteiger partial charge in [-0.1, -0.05) is 4.68 Å². The van der Waals surface area contributed by atoms with Gasteiger partial charge in [-0.05, 0) is 12.0 Å². The summed E-state index contributed by atoms with van der Waals surface area (Å²) in [6, 6.07) is 0.656. The first kappa shape index (κ1) is 14.8. The number of halogens is 1. The summed E-state index contributed by atoms with van der Waals surface area (Å²) in [5.41, 5.74) is 0.334. The Bertz CT molecular complexity index is 380. The Kier molecular flexibility index (Phi) is 5.86. The molecule has 0 bridgehead atoms. The minimum absolute atomic E-state index is 0. The van der Waals surface area contributed by atoms with Crippen molar-refractivity contribution in [2.45, 2.75) is 13.0 Å². The van der Waals surface area contributed by atoms with E-state index in [0.29, 0.717) is 5.56 Å². The first-order chi connectivity index (χ1) is 7.00. The molecule has 0 aliphatic carbocycles.